The number of nitrogens with one attached hydrogen (secondary N) is 1. The first kappa shape index (κ1) is 19.4. The van der Waals surface area contributed by atoms with Crippen molar-refractivity contribution in [3.8, 4) is 0 Å². The van der Waals surface area contributed by atoms with Crippen LogP contribution in [-0.2, 0) is 13.1 Å². The monoisotopic (exact) mass is 365 g/mol. The Morgan fingerprint density at radius 3 is 2.37 bits per heavy atom. The summed E-state index contributed by atoms with van der Waals surface area (Å²) in [5.74, 6) is 0.0218. The molecular weight excluding hydrogens is 334 g/mol. The lowest BCUT2D eigenvalue weighted by atomic mass is 10.1. The third-order valence-corrected chi connectivity index (χ3v) is 5.22. The van der Waals surface area contributed by atoms with Crippen molar-refractivity contribution in [2.45, 2.75) is 38.8 Å². The summed E-state index contributed by atoms with van der Waals surface area (Å²) in [6.07, 6.45) is 4.66. The number of anilines is 1. The number of rotatable bonds is 9. The Kier molecular flexibility index (Phi) is 6.88. The molecule has 0 radical (unpaired) electrons. The van der Waals surface area contributed by atoms with Gasteiger partial charge < -0.3 is 10.2 Å². The molecule has 0 saturated heterocycles. The number of hydrogen-bond acceptors (Lipinski definition) is 3. The summed E-state index contributed by atoms with van der Waals surface area (Å²) in [7, 11) is 3.97. The molecule has 0 atom stereocenters. The van der Waals surface area contributed by atoms with Crippen molar-refractivity contribution in [2.75, 3.05) is 32.1 Å². The van der Waals surface area contributed by atoms with Gasteiger partial charge in [0.2, 0.25) is 0 Å². The highest BCUT2D eigenvalue weighted by Crippen LogP contribution is 2.22. The van der Waals surface area contributed by atoms with Crippen LogP contribution in [0, 0.1) is 0 Å². The van der Waals surface area contributed by atoms with Gasteiger partial charge in [-0.05, 0) is 48.7 Å². The average Bonchev–Trinajstić information content (AvgIpc) is 3.10. The van der Waals surface area contributed by atoms with Gasteiger partial charge in [-0.2, -0.15) is 0 Å². The fraction of sp³-hybridized carbons (Fsp3) is 0.435. The first-order valence-corrected chi connectivity index (χ1v) is 9.98. The summed E-state index contributed by atoms with van der Waals surface area (Å²) in [5.41, 5.74) is 4.75. The Hall–Kier alpha value is -2.33. The van der Waals surface area contributed by atoms with Gasteiger partial charge in [0.1, 0.15) is 0 Å². The molecule has 1 heterocycles. The molecular formula is C23H31N3O. The van der Waals surface area contributed by atoms with Gasteiger partial charge in [-0.25, -0.2) is 0 Å². The van der Waals surface area contributed by atoms with E-state index in [4.69, 9.17) is 0 Å². The van der Waals surface area contributed by atoms with Crippen LogP contribution in [0.15, 0.2) is 48.5 Å². The van der Waals surface area contributed by atoms with Crippen molar-refractivity contribution in [1.82, 2.24) is 10.2 Å². The Morgan fingerprint density at radius 2 is 1.67 bits per heavy atom. The minimum absolute atomic E-state index is 0.0218. The molecule has 0 bridgehead atoms. The smallest absolute Gasteiger partial charge is 0.251 e. The van der Waals surface area contributed by atoms with E-state index < -0.39 is 0 Å². The molecule has 1 aliphatic heterocycles. The number of unbranched alkanes of at least 4 members (excludes halogenated alkanes) is 3. The number of nitrogens with zero attached hydrogens (tertiary/aromatic N) is 2. The molecule has 0 aliphatic carbocycles. The molecule has 0 fully saturated rings. The van der Waals surface area contributed by atoms with Crippen LogP contribution in [0.3, 0.4) is 0 Å². The van der Waals surface area contributed by atoms with Gasteiger partial charge >= 0.3 is 0 Å². The van der Waals surface area contributed by atoms with E-state index in [0.29, 0.717) is 0 Å². The second kappa shape index (κ2) is 9.56. The first-order valence-electron chi connectivity index (χ1n) is 9.98. The standard InChI is InChI=1S/C23H31N3O/c1-25(2)22-13-9-12-19(16-22)23(27)24-14-7-3-4-8-15-26-17-20-10-5-6-11-21(20)18-26/h5-6,9-13,16H,3-4,7-8,14-15,17-18H2,1-2H3,(H,24,27). The number of benzene rings is 2. The second-order valence-electron chi connectivity index (χ2n) is 7.59. The second-order valence-corrected chi connectivity index (χ2v) is 7.59. The molecule has 4 nitrogen and oxygen atoms in total. The lowest BCUT2D eigenvalue weighted by molar-refractivity contribution is 0.0953. The lowest BCUT2D eigenvalue weighted by Crippen LogP contribution is -2.24. The molecule has 0 aromatic heterocycles. The zero-order valence-corrected chi connectivity index (χ0v) is 16.6. The number of amides is 1. The molecule has 0 unspecified atom stereocenters. The number of hydrogen-bond donors (Lipinski definition) is 1. The van der Waals surface area contributed by atoms with Crippen LogP contribution in [-0.4, -0.2) is 38.0 Å². The average molecular weight is 366 g/mol. The highest BCUT2D eigenvalue weighted by Gasteiger charge is 2.17. The van der Waals surface area contributed by atoms with Crippen LogP contribution in [0.2, 0.25) is 0 Å². The van der Waals surface area contributed by atoms with E-state index in [1.165, 1.54) is 36.9 Å². The Labute approximate surface area is 163 Å². The minimum Gasteiger partial charge on any atom is -0.378 e. The molecule has 0 saturated carbocycles. The van der Waals surface area contributed by atoms with E-state index >= 15 is 0 Å². The van der Waals surface area contributed by atoms with E-state index in [0.717, 1.165) is 37.3 Å². The van der Waals surface area contributed by atoms with Gasteiger partial charge in [-0.3, -0.25) is 9.69 Å². The van der Waals surface area contributed by atoms with Crippen LogP contribution in [0.4, 0.5) is 5.69 Å². The summed E-state index contributed by atoms with van der Waals surface area (Å²) in [5, 5.41) is 3.04. The SMILES string of the molecule is CN(C)c1cccc(C(=O)NCCCCCCN2Cc3ccccc3C2)c1. The number of carbonyl (C=O) groups is 1. The van der Waals surface area contributed by atoms with Gasteiger partial charge in [-0.1, -0.05) is 43.2 Å². The van der Waals surface area contributed by atoms with E-state index in [-0.39, 0.29) is 5.91 Å². The third kappa shape index (κ3) is 5.57. The zero-order chi connectivity index (χ0) is 19.1. The number of fused-ring (bicyclic) bond motifs is 1. The van der Waals surface area contributed by atoms with Crippen LogP contribution >= 0.6 is 0 Å². The van der Waals surface area contributed by atoms with Gasteiger partial charge in [0.25, 0.3) is 5.91 Å². The largest absolute Gasteiger partial charge is 0.378 e. The van der Waals surface area contributed by atoms with Gasteiger partial charge in [0, 0.05) is 45.0 Å². The summed E-state index contributed by atoms with van der Waals surface area (Å²) >= 11 is 0. The molecule has 4 heteroatoms. The van der Waals surface area contributed by atoms with Crippen LogP contribution in [0.5, 0.6) is 0 Å². The van der Waals surface area contributed by atoms with Crippen molar-refractivity contribution in [3.05, 3.63) is 65.2 Å². The van der Waals surface area contributed by atoms with Crippen molar-refractivity contribution in [3.63, 3.8) is 0 Å². The third-order valence-electron chi connectivity index (χ3n) is 5.22. The molecule has 3 rings (SSSR count). The van der Waals surface area contributed by atoms with Gasteiger partial charge in [-0.15, -0.1) is 0 Å². The van der Waals surface area contributed by atoms with Crippen molar-refractivity contribution >= 4 is 11.6 Å². The Morgan fingerprint density at radius 1 is 0.963 bits per heavy atom. The molecule has 0 spiro atoms. The maximum atomic E-state index is 12.3. The molecule has 144 valence electrons. The first-order chi connectivity index (χ1) is 13.1. The fourth-order valence-electron chi connectivity index (χ4n) is 3.61. The predicted octanol–water partition coefficient (Wildman–Crippen LogP) is 4.06. The summed E-state index contributed by atoms with van der Waals surface area (Å²) in [6, 6.07) is 16.5. The van der Waals surface area contributed by atoms with Crippen molar-refractivity contribution < 1.29 is 4.79 Å². The Bertz CT molecular complexity index is 732. The minimum atomic E-state index is 0.0218. The molecule has 27 heavy (non-hydrogen) atoms. The highest BCUT2D eigenvalue weighted by atomic mass is 16.1. The highest BCUT2D eigenvalue weighted by molar-refractivity contribution is 5.95. The Balaban J connectivity index is 1.27. The predicted molar refractivity (Wildman–Crippen MR) is 112 cm³/mol. The summed E-state index contributed by atoms with van der Waals surface area (Å²) < 4.78 is 0. The molecule has 2 aromatic rings. The normalized spacial score (nSPS) is 13.4. The van der Waals surface area contributed by atoms with Crippen molar-refractivity contribution in [1.29, 1.82) is 0 Å². The number of carbonyl (C=O) groups excluding carboxylic acids is 1. The van der Waals surface area contributed by atoms with Crippen LogP contribution < -0.4 is 10.2 Å². The molecule has 1 amide bonds. The van der Waals surface area contributed by atoms with Crippen molar-refractivity contribution in [2.24, 2.45) is 0 Å². The van der Waals surface area contributed by atoms with E-state index in [2.05, 4.69) is 34.5 Å². The van der Waals surface area contributed by atoms with Gasteiger partial charge in [0.05, 0.1) is 0 Å². The zero-order valence-electron chi connectivity index (χ0n) is 16.6. The quantitative estimate of drug-likeness (QED) is 0.681. The van der Waals surface area contributed by atoms with Gasteiger partial charge in [0.15, 0.2) is 0 Å². The maximum absolute atomic E-state index is 12.3. The molecule has 1 N–H and O–H groups in total. The van der Waals surface area contributed by atoms with Crippen LogP contribution in [0.25, 0.3) is 0 Å². The van der Waals surface area contributed by atoms with E-state index in [1.54, 1.807) is 0 Å². The lowest BCUT2D eigenvalue weighted by Gasteiger charge is -2.14. The topological polar surface area (TPSA) is 35.6 Å². The van der Waals surface area contributed by atoms with E-state index in [1.807, 2.05) is 43.3 Å². The molecule has 1 aliphatic rings. The van der Waals surface area contributed by atoms with E-state index in [9.17, 15) is 4.79 Å². The maximum Gasteiger partial charge on any atom is 0.251 e. The van der Waals surface area contributed by atoms with Crippen LogP contribution in [0.1, 0.15) is 47.2 Å². The summed E-state index contributed by atoms with van der Waals surface area (Å²) in [4.78, 5) is 16.8. The molecule has 2 aromatic carbocycles. The fourth-order valence-corrected chi connectivity index (χ4v) is 3.61. The summed E-state index contributed by atoms with van der Waals surface area (Å²) in [6.45, 7) is 4.11.